The molecule has 168 valence electrons. The van der Waals surface area contributed by atoms with E-state index in [1.165, 1.54) is 19.2 Å². The van der Waals surface area contributed by atoms with E-state index in [9.17, 15) is 22.8 Å². The number of amides is 3. The van der Waals surface area contributed by atoms with Crippen molar-refractivity contribution >= 4 is 27.9 Å². The number of hydrogen-bond acceptors (Lipinski definition) is 7. The lowest BCUT2D eigenvalue weighted by molar-refractivity contribution is -0.123. The van der Waals surface area contributed by atoms with E-state index in [1.54, 1.807) is 20.8 Å². The molecule has 0 saturated heterocycles. The number of hydrogen-bond donors (Lipinski definition) is 3. The summed E-state index contributed by atoms with van der Waals surface area (Å²) in [6, 6.07) is 3.02. The molecular formula is C19H29N3O7S. The summed E-state index contributed by atoms with van der Waals surface area (Å²) in [4.78, 5) is 35.3. The Morgan fingerprint density at radius 2 is 1.77 bits per heavy atom. The summed E-state index contributed by atoms with van der Waals surface area (Å²) in [7, 11) is -2.69. The summed E-state index contributed by atoms with van der Waals surface area (Å²) in [6.45, 7) is 8.47. The van der Waals surface area contributed by atoms with Gasteiger partial charge in [-0.1, -0.05) is 13.8 Å². The van der Waals surface area contributed by atoms with E-state index in [-0.39, 0.29) is 22.1 Å². The van der Waals surface area contributed by atoms with Gasteiger partial charge >= 0.3 is 12.0 Å². The Balaban J connectivity index is 2.86. The van der Waals surface area contributed by atoms with Gasteiger partial charge in [-0.3, -0.25) is 10.1 Å². The standard InChI is InChI=1S/C19H29N3O7S/c1-12(2)10-20-18(25)21-16(23)11-29-17(24)13-7-8-14(28-6)15(9-13)30(26,27)22-19(3,4)5/h7-9,12,22H,10-11H2,1-6H3,(H2,20,21,23,25). The number of carbonyl (C=O) groups excluding carboxylic acids is 3. The zero-order chi connectivity index (χ0) is 23.1. The van der Waals surface area contributed by atoms with Crippen LogP contribution in [-0.2, 0) is 19.6 Å². The van der Waals surface area contributed by atoms with E-state index >= 15 is 0 Å². The van der Waals surface area contributed by atoms with Crippen LogP contribution in [0.15, 0.2) is 23.1 Å². The SMILES string of the molecule is COc1ccc(C(=O)OCC(=O)NC(=O)NCC(C)C)cc1S(=O)(=O)NC(C)(C)C. The van der Waals surface area contributed by atoms with Crippen LogP contribution < -0.4 is 20.1 Å². The molecule has 11 heteroatoms. The van der Waals surface area contributed by atoms with Gasteiger partial charge in [0.2, 0.25) is 10.0 Å². The number of ether oxygens (including phenoxy) is 2. The molecule has 3 N–H and O–H groups in total. The molecule has 0 aliphatic carbocycles. The van der Waals surface area contributed by atoms with Crippen molar-refractivity contribution < 1.29 is 32.3 Å². The molecule has 0 aromatic heterocycles. The Hall–Kier alpha value is -2.66. The normalized spacial score (nSPS) is 11.7. The average molecular weight is 444 g/mol. The number of carbonyl (C=O) groups is 3. The molecule has 3 amide bonds. The van der Waals surface area contributed by atoms with Gasteiger partial charge in [0.15, 0.2) is 6.61 Å². The van der Waals surface area contributed by atoms with E-state index in [0.29, 0.717) is 6.54 Å². The summed E-state index contributed by atoms with van der Waals surface area (Å²) in [5.74, 6) is -1.50. The molecule has 0 heterocycles. The van der Waals surface area contributed by atoms with Gasteiger partial charge in [-0.05, 0) is 44.9 Å². The van der Waals surface area contributed by atoms with E-state index < -0.39 is 40.1 Å². The predicted molar refractivity (Wildman–Crippen MR) is 110 cm³/mol. The van der Waals surface area contributed by atoms with Crippen LogP contribution in [0.4, 0.5) is 4.79 Å². The molecule has 0 spiro atoms. The molecule has 1 aromatic rings. The number of benzene rings is 1. The fourth-order valence-electron chi connectivity index (χ4n) is 2.19. The van der Waals surface area contributed by atoms with E-state index in [0.717, 1.165) is 6.07 Å². The van der Waals surface area contributed by atoms with Gasteiger partial charge in [-0.2, -0.15) is 0 Å². The maximum Gasteiger partial charge on any atom is 0.338 e. The van der Waals surface area contributed by atoms with Gasteiger partial charge < -0.3 is 14.8 Å². The molecule has 0 bridgehead atoms. The van der Waals surface area contributed by atoms with Gasteiger partial charge in [0.05, 0.1) is 12.7 Å². The van der Waals surface area contributed by atoms with Crippen LogP contribution in [0.2, 0.25) is 0 Å². The molecule has 0 fully saturated rings. The van der Waals surface area contributed by atoms with Crippen molar-refractivity contribution in [3.05, 3.63) is 23.8 Å². The number of methoxy groups -OCH3 is 1. The lowest BCUT2D eigenvalue weighted by Gasteiger charge is -2.21. The number of sulfonamides is 1. The molecule has 0 aliphatic heterocycles. The van der Waals surface area contributed by atoms with Gasteiger partial charge in [-0.15, -0.1) is 0 Å². The summed E-state index contributed by atoms with van der Waals surface area (Å²) >= 11 is 0. The number of esters is 1. The van der Waals surface area contributed by atoms with Crippen LogP contribution >= 0.6 is 0 Å². The molecule has 30 heavy (non-hydrogen) atoms. The lowest BCUT2D eigenvalue weighted by Crippen LogP contribution is -2.42. The molecule has 10 nitrogen and oxygen atoms in total. The quantitative estimate of drug-likeness (QED) is 0.516. The lowest BCUT2D eigenvalue weighted by atomic mass is 10.1. The fraction of sp³-hybridized carbons (Fsp3) is 0.526. The van der Waals surface area contributed by atoms with Gasteiger partial charge in [0.1, 0.15) is 10.6 Å². The van der Waals surface area contributed by atoms with Crippen LogP contribution in [-0.4, -0.2) is 52.1 Å². The number of urea groups is 1. The molecule has 0 saturated carbocycles. The van der Waals surface area contributed by atoms with E-state index in [2.05, 4.69) is 10.0 Å². The minimum absolute atomic E-state index is 0.0443. The van der Waals surface area contributed by atoms with E-state index in [1.807, 2.05) is 19.2 Å². The Kier molecular flexibility index (Phi) is 8.79. The summed E-state index contributed by atoms with van der Waals surface area (Å²) in [5, 5.41) is 4.52. The highest BCUT2D eigenvalue weighted by Gasteiger charge is 2.27. The Bertz CT molecular complexity index is 890. The molecule has 0 unspecified atom stereocenters. The minimum atomic E-state index is -3.99. The molecule has 0 atom stereocenters. The molecule has 0 radical (unpaired) electrons. The van der Waals surface area contributed by atoms with Crippen LogP contribution in [0.5, 0.6) is 5.75 Å². The van der Waals surface area contributed by atoms with Gasteiger partial charge in [0, 0.05) is 12.1 Å². The summed E-state index contributed by atoms with van der Waals surface area (Å²) < 4.78 is 37.7. The molecule has 0 aliphatic rings. The first-order valence-electron chi connectivity index (χ1n) is 9.22. The smallest absolute Gasteiger partial charge is 0.338 e. The van der Waals surface area contributed by atoms with Crippen LogP contribution in [0.1, 0.15) is 45.0 Å². The van der Waals surface area contributed by atoms with Crippen molar-refractivity contribution in [3.8, 4) is 5.75 Å². The third-order valence-electron chi connectivity index (χ3n) is 3.39. The third kappa shape index (κ3) is 8.37. The second-order valence-electron chi connectivity index (χ2n) is 7.95. The van der Waals surface area contributed by atoms with Gasteiger partial charge in [-0.25, -0.2) is 22.7 Å². The van der Waals surface area contributed by atoms with Crippen molar-refractivity contribution in [2.45, 2.75) is 45.1 Å². The molecule has 1 aromatic carbocycles. The second kappa shape index (κ2) is 10.4. The summed E-state index contributed by atoms with van der Waals surface area (Å²) in [6.07, 6.45) is 0. The average Bonchev–Trinajstić information content (AvgIpc) is 2.62. The first-order chi connectivity index (χ1) is 13.7. The first kappa shape index (κ1) is 25.4. The Morgan fingerprint density at radius 3 is 2.30 bits per heavy atom. The molecule has 1 rings (SSSR count). The third-order valence-corrected chi connectivity index (χ3v) is 5.17. The Morgan fingerprint density at radius 1 is 1.13 bits per heavy atom. The number of rotatable bonds is 8. The Labute approximate surface area is 176 Å². The van der Waals surface area contributed by atoms with E-state index in [4.69, 9.17) is 9.47 Å². The largest absolute Gasteiger partial charge is 0.495 e. The van der Waals surface area contributed by atoms with Crippen LogP contribution in [0.3, 0.4) is 0 Å². The van der Waals surface area contributed by atoms with Crippen molar-refractivity contribution in [2.24, 2.45) is 5.92 Å². The topological polar surface area (TPSA) is 140 Å². The van der Waals surface area contributed by atoms with Crippen molar-refractivity contribution in [3.63, 3.8) is 0 Å². The first-order valence-corrected chi connectivity index (χ1v) is 10.7. The zero-order valence-corrected chi connectivity index (χ0v) is 18.8. The molecular weight excluding hydrogens is 414 g/mol. The second-order valence-corrected chi connectivity index (χ2v) is 9.60. The zero-order valence-electron chi connectivity index (χ0n) is 18.0. The maximum absolute atomic E-state index is 12.6. The highest BCUT2D eigenvalue weighted by molar-refractivity contribution is 7.89. The summed E-state index contributed by atoms with van der Waals surface area (Å²) in [5.41, 5.74) is -0.851. The highest BCUT2D eigenvalue weighted by Crippen LogP contribution is 2.26. The maximum atomic E-state index is 12.6. The van der Waals surface area contributed by atoms with Crippen LogP contribution in [0.25, 0.3) is 0 Å². The monoisotopic (exact) mass is 443 g/mol. The van der Waals surface area contributed by atoms with Crippen LogP contribution in [0, 0.1) is 5.92 Å². The van der Waals surface area contributed by atoms with Crippen molar-refractivity contribution in [1.82, 2.24) is 15.4 Å². The van der Waals surface area contributed by atoms with Crippen molar-refractivity contribution in [2.75, 3.05) is 20.3 Å². The fourth-order valence-corrected chi connectivity index (χ4v) is 3.80. The van der Waals surface area contributed by atoms with Gasteiger partial charge in [0.25, 0.3) is 5.91 Å². The number of imide groups is 1. The highest BCUT2D eigenvalue weighted by atomic mass is 32.2. The minimum Gasteiger partial charge on any atom is -0.495 e. The van der Waals surface area contributed by atoms with Crippen molar-refractivity contribution in [1.29, 1.82) is 0 Å². The predicted octanol–water partition coefficient (Wildman–Crippen LogP) is 1.41. The number of nitrogens with one attached hydrogen (secondary N) is 3.